The number of likely N-dealkylation sites (tertiary alicyclic amines) is 1. The summed E-state index contributed by atoms with van der Waals surface area (Å²) in [5, 5.41) is 6.89. The zero-order chi connectivity index (χ0) is 19.1. The SMILES string of the molecule is COCCNC(=O)c1cc(C2CCCN(Cc3ccc(OC)cc3)C2)no1. The molecule has 146 valence electrons. The molecule has 1 N–H and O–H groups in total. The van der Waals surface area contributed by atoms with Crippen LogP contribution in [0.25, 0.3) is 0 Å². The van der Waals surface area contributed by atoms with E-state index < -0.39 is 0 Å². The molecule has 1 atom stereocenters. The summed E-state index contributed by atoms with van der Waals surface area (Å²) in [4.78, 5) is 14.5. The summed E-state index contributed by atoms with van der Waals surface area (Å²) in [5.41, 5.74) is 2.11. The molecule has 2 aromatic rings. The molecule has 2 heterocycles. The molecule has 1 unspecified atom stereocenters. The summed E-state index contributed by atoms with van der Waals surface area (Å²) >= 11 is 0. The topological polar surface area (TPSA) is 76.8 Å². The minimum absolute atomic E-state index is 0.253. The van der Waals surface area contributed by atoms with Crippen molar-refractivity contribution in [1.29, 1.82) is 0 Å². The van der Waals surface area contributed by atoms with Gasteiger partial charge in [-0.1, -0.05) is 17.3 Å². The number of hydrogen-bond donors (Lipinski definition) is 1. The Labute approximate surface area is 159 Å². The number of benzene rings is 1. The fraction of sp³-hybridized carbons (Fsp3) is 0.500. The number of hydrogen-bond acceptors (Lipinski definition) is 6. The van der Waals surface area contributed by atoms with Gasteiger partial charge >= 0.3 is 0 Å². The highest BCUT2D eigenvalue weighted by atomic mass is 16.5. The first-order valence-corrected chi connectivity index (χ1v) is 9.28. The fourth-order valence-electron chi connectivity index (χ4n) is 3.37. The van der Waals surface area contributed by atoms with Gasteiger partial charge in [0.25, 0.3) is 5.91 Å². The van der Waals surface area contributed by atoms with E-state index in [-0.39, 0.29) is 17.6 Å². The standard InChI is InChI=1S/C20H27N3O4/c1-25-11-9-21-20(24)19-12-18(22-27-19)16-4-3-10-23(14-16)13-15-5-7-17(26-2)8-6-15/h5-8,12,16H,3-4,9-11,13-14H2,1-2H3,(H,21,24). The molecule has 0 radical (unpaired) electrons. The van der Waals surface area contributed by atoms with Gasteiger partial charge in [-0.2, -0.15) is 0 Å². The summed E-state index contributed by atoms with van der Waals surface area (Å²) in [7, 11) is 3.27. The minimum atomic E-state index is -0.253. The summed E-state index contributed by atoms with van der Waals surface area (Å²) in [6.07, 6.45) is 2.15. The minimum Gasteiger partial charge on any atom is -0.497 e. The third-order valence-electron chi connectivity index (χ3n) is 4.83. The van der Waals surface area contributed by atoms with Crippen molar-refractivity contribution in [3.63, 3.8) is 0 Å². The van der Waals surface area contributed by atoms with Crippen molar-refractivity contribution in [2.75, 3.05) is 40.5 Å². The highest BCUT2D eigenvalue weighted by Crippen LogP contribution is 2.27. The monoisotopic (exact) mass is 373 g/mol. The van der Waals surface area contributed by atoms with E-state index in [1.807, 2.05) is 12.1 Å². The van der Waals surface area contributed by atoms with Crippen molar-refractivity contribution in [3.05, 3.63) is 47.3 Å². The summed E-state index contributed by atoms with van der Waals surface area (Å²) in [5.74, 6) is 1.15. The smallest absolute Gasteiger partial charge is 0.289 e. The highest BCUT2D eigenvalue weighted by Gasteiger charge is 2.25. The first-order valence-electron chi connectivity index (χ1n) is 9.28. The second-order valence-electron chi connectivity index (χ2n) is 6.79. The van der Waals surface area contributed by atoms with Gasteiger partial charge in [-0.25, -0.2) is 0 Å². The van der Waals surface area contributed by atoms with E-state index in [9.17, 15) is 4.79 Å². The van der Waals surface area contributed by atoms with Crippen LogP contribution in [0, 0.1) is 0 Å². The van der Waals surface area contributed by atoms with E-state index >= 15 is 0 Å². The molecule has 1 aliphatic rings. The summed E-state index contributed by atoms with van der Waals surface area (Å²) < 4.78 is 15.4. The molecule has 0 spiro atoms. The van der Waals surface area contributed by atoms with Gasteiger partial charge in [0.15, 0.2) is 0 Å². The predicted molar refractivity (Wildman–Crippen MR) is 101 cm³/mol. The Morgan fingerprint density at radius 3 is 2.89 bits per heavy atom. The highest BCUT2D eigenvalue weighted by molar-refractivity contribution is 5.91. The molecule has 1 aliphatic heterocycles. The van der Waals surface area contributed by atoms with Crippen molar-refractivity contribution in [2.24, 2.45) is 0 Å². The van der Waals surface area contributed by atoms with E-state index in [0.717, 1.165) is 43.9 Å². The number of amides is 1. The van der Waals surface area contributed by atoms with Gasteiger partial charge in [-0.15, -0.1) is 0 Å². The van der Waals surface area contributed by atoms with E-state index in [2.05, 4.69) is 27.5 Å². The van der Waals surface area contributed by atoms with Crippen LogP contribution in [0.15, 0.2) is 34.9 Å². The number of rotatable bonds is 8. The molecule has 7 heteroatoms. The van der Waals surface area contributed by atoms with Crippen LogP contribution >= 0.6 is 0 Å². The number of carbonyl (C=O) groups is 1. The van der Waals surface area contributed by atoms with Gasteiger partial charge < -0.3 is 19.3 Å². The summed E-state index contributed by atoms with van der Waals surface area (Å²) in [6, 6.07) is 9.94. The fourth-order valence-corrected chi connectivity index (χ4v) is 3.37. The van der Waals surface area contributed by atoms with Crippen molar-refractivity contribution in [2.45, 2.75) is 25.3 Å². The predicted octanol–water partition coefficient (Wildman–Crippen LogP) is 2.44. The van der Waals surface area contributed by atoms with Crippen LogP contribution in [0.4, 0.5) is 0 Å². The second-order valence-corrected chi connectivity index (χ2v) is 6.79. The quantitative estimate of drug-likeness (QED) is 0.716. The number of piperidine rings is 1. The lowest BCUT2D eigenvalue weighted by Crippen LogP contribution is -2.34. The zero-order valence-electron chi connectivity index (χ0n) is 15.9. The molecule has 1 aromatic carbocycles. The Morgan fingerprint density at radius 2 is 2.15 bits per heavy atom. The van der Waals surface area contributed by atoms with E-state index in [4.69, 9.17) is 14.0 Å². The van der Waals surface area contributed by atoms with Crippen molar-refractivity contribution in [1.82, 2.24) is 15.4 Å². The number of nitrogens with one attached hydrogen (secondary N) is 1. The largest absolute Gasteiger partial charge is 0.497 e. The number of aromatic nitrogens is 1. The zero-order valence-corrected chi connectivity index (χ0v) is 15.9. The molecule has 0 aliphatic carbocycles. The van der Waals surface area contributed by atoms with Crippen LogP contribution in [0.5, 0.6) is 5.75 Å². The van der Waals surface area contributed by atoms with Gasteiger partial charge in [-0.05, 0) is 37.1 Å². The third kappa shape index (κ3) is 5.30. The van der Waals surface area contributed by atoms with Gasteiger partial charge in [0, 0.05) is 38.7 Å². The van der Waals surface area contributed by atoms with Gasteiger partial charge in [0.1, 0.15) is 5.75 Å². The van der Waals surface area contributed by atoms with Crippen molar-refractivity contribution >= 4 is 5.91 Å². The number of ether oxygens (including phenoxy) is 2. The van der Waals surface area contributed by atoms with Crippen molar-refractivity contribution < 1.29 is 18.8 Å². The number of carbonyl (C=O) groups excluding carboxylic acids is 1. The Morgan fingerprint density at radius 1 is 1.33 bits per heavy atom. The molecule has 1 saturated heterocycles. The third-order valence-corrected chi connectivity index (χ3v) is 4.83. The first-order chi connectivity index (χ1) is 13.2. The van der Waals surface area contributed by atoms with E-state index in [1.54, 1.807) is 20.3 Å². The maximum atomic E-state index is 12.1. The van der Waals surface area contributed by atoms with Crippen LogP contribution in [-0.4, -0.2) is 56.4 Å². The molecule has 1 fully saturated rings. The number of methoxy groups -OCH3 is 2. The Balaban J connectivity index is 1.56. The van der Waals surface area contributed by atoms with Gasteiger partial charge in [0.2, 0.25) is 5.76 Å². The lowest BCUT2D eigenvalue weighted by molar-refractivity contribution is 0.0900. The van der Waals surface area contributed by atoms with Crippen LogP contribution in [0.2, 0.25) is 0 Å². The number of nitrogens with zero attached hydrogens (tertiary/aromatic N) is 2. The normalized spacial score (nSPS) is 17.6. The molecule has 0 saturated carbocycles. The molecule has 1 amide bonds. The van der Waals surface area contributed by atoms with Crippen LogP contribution < -0.4 is 10.1 Å². The molecule has 27 heavy (non-hydrogen) atoms. The van der Waals surface area contributed by atoms with Crippen LogP contribution in [0.1, 0.15) is 40.6 Å². The average Bonchev–Trinajstić information content (AvgIpc) is 3.19. The van der Waals surface area contributed by atoms with Gasteiger partial charge in [-0.3, -0.25) is 9.69 Å². The molecule has 7 nitrogen and oxygen atoms in total. The molecule has 1 aromatic heterocycles. The van der Waals surface area contributed by atoms with Crippen LogP contribution in [0.3, 0.4) is 0 Å². The van der Waals surface area contributed by atoms with Gasteiger partial charge in [0.05, 0.1) is 19.4 Å². The van der Waals surface area contributed by atoms with Crippen molar-refractivity contribution in [3.8, 4) is 5.75 Å². The molecular weight excluding hydrogens is 346 g/mol. The Hall–Kier alpha value is -2.38. The summed E-state index contributed by atoms with van der Waals surface area (Å²) in [6.45, 7) is 3.77. The van der Waals surface area contributed by atoms with E-state index in [0.29, 0.717) is 13.2 Å². The maximum absolute atomic E-state index is 12.1. The molecule has 3 rings (SSSR count). The molecule has 0 bridgehead atoms. The Bertz CT molecular complexity index is 729. The average molecular weight is 373 g/mol. The van der Waals surface area contributed by atoms with Crippen LogP contribution in [-0.2, 0) is 11.3 Å². The second kappa shape index (κ2) is 9.53. The van der Waals surface area contributed by atoms with E-state index in [1.165, 1.54) is 5.56 Å². The molecular formula is C20H27N3O4. The Kier molecular flexibility index (Phi) is 6.84. The first kappa shape index (κ1) is 19.4. The maximum Gasteiger partial charge on any atom is 0.289 e. The lowest BCUT2D eigenvalue weighted by Gasteiger charge is -2.31. The lowest BCUT2D eigenvalue weighted by atomic mass is 9.94.